The Morgan fingerprint density at radius 1 is 1.27 bits per heavy atom. The molecule has 1 aromatic rings. The molecule has 1 aliphatic rings. The van der Waals surface area contributed by atoms with Gasteiger partial charge in [0.25, 0.3) is 0 Å². The molecule has 0 atom stereocenters. The molecule has 0 saturated heterocycles. The van der Waals surface area contributed by atoms with Crippen LogP contribution >= 0.6 is 0 Å². The van der Waals surface area contributed by atoms with Crippen LogP contribution in [0.2, 0.25) is 0 Å². The number of anilines is 1. The van der Waals surface area contributed by atoms with E-state index < -0.39 is 0 Å². The van der Waals surface area contributed by atoms with Crippen molar-refractivity contribution in [2.45, 2.75) is 0 Å². The molecule has 2 heteroatoms. The quantitative estimate of drug-likeness (QED) is 0.544. The Hall–Kier alpha value is -1.44. The fourth-order valence-corrected chi connectivity index (χ4v) is 1.17. The van der Waals surface area contributed by atoms with Crippen LogP contribution in [0.3, 0.4) is 0 Å². The Labute approximate surface area is 66.1 Å². The van der Waals surface area contributed by atoms with Gasteiger partial charge in [-0.2, -0.15) is 0 Å². The van der Waals surface area contributed by atoms with E-state index in [9.17, 15) is 0 Å². The highest BCUT2D eigenvalue weighted by Crippen LogP contribution is 2.27. The van der Waals surface area contributed by atoms with Gasteiger partial charge in [0.05, 0.1) is 11.4 Å². The van der Waals surface area contributed by atoms with Crippen molar-refractivity contribution in [2.75, 3.05) is 11.9 Å². The third-order valence-electron chi connectivity index (χ3n) is 1.77. The van der Waals surface area contributed by atoms with Crippen LogP contribution in [0.1, 0.15) is 0 Å². The first-order chi connectivity index (χ1) is 5.38. The maximum absolute atomic E-state index is 4.22. The summed E-state index contributed by atoms with van der Waals surface area (Å²) in [5.41, 5.74) is 2.20. The topological polar surface area (TPSA) is 17.3 Å². The lowest BCUT2D eigenvalue weighted by atomic mass is 10.2. The van der Waals surface area contributed by atoms with Crippen molar-refractivity contribution in [1.82, 2.24) is 5.32 Å². The minimum Gasteiger partial charge on any atom is -0.348 e. The van der Waals surface area contributed by atoms with Crippen molar-refractivity contribution in [1.29, 1.82) is 0 Å². The van der Waals surface area contributed by atoms with E-state index >= 15 is 0 Å². The Morgan fingerprint density at radius 2 is 2.09 bits per heavy atom. The van der Waals surface area contributed by atoms with Crippen LogP contribution < -0.4 is 10.2 Å². The van der Waals surface area contributed by atoms with Crippen LogP contribution in [0.4, 0.5) is 11.4 Å². The molecule has 0 saturated carbocycles. The van der Waals surface area contributed by atoms with Gasteiger partial charge in [0.2, 0.25) is 0 Å². The largest absolute Gasteiger partial charge is 0.348 e. The zero-order valence-electron chi connectivity index (χ0n) is 6.36. The molecule has 55 valence electrons. The molecule has 1 aromatic carbocycles. The summed E-state index contributed by atoms with van der Waals surface area (Å²) in [5.74, 6) is 0. The first kappa shape index (κ1) is 6.28. The zero-order valence-corrected chi connectivity index (χ0v) is 6.36. The second-order valence-electron chi connectivity index (χ2n) is 2.53. The molecule has 0 aliphatic carbocycles. The van der Waals surface area contributed by atoms with Crippen LogP contribution in [-0.4, -0.2) is 7.05 Å². The number of rotatable bonds is 0. The van der Waals surface area contributed by atoms with Gasteiger partial charge >= 0.3 is 0 Å². The highest BCUT2D eigenvalue weighted by atomic mass is 15.1. The number of nitrogens with zero attached hydrogens (tertiary/aromatic N) is 2. The smallest absolute Gasteiger partial charge is 0.0866 e. The molecular weight excluding hydrogens is 136 g/mol. The third kappa shape index (κ3) is 0.963. The van der Waals surface area contributed by atoms with Crippen molar-refractivity contribution in [3.63, 3.8) is 0 Å². The zero-order chi connectivity index (χ0) is 7.68. The fraction of sp³-hybridized carbons (Fsp3) is 0.111. The predicted molar refractivity (Wildman–Crippen MR) is 45.8 cm³/mol. The molecule has 11 heavy (non-hydrogen) atoms. The molecule has 0 amide bonds. The predicted octanol–water partition coefficient (Wildman–Crippen LogP) is 1.84. The van der Waals surface area contributed by atoms with E-state index in [4.69, 9.17) is 0 Å². The second kappa shape index (κ2) is 2.31. The van der Waals surface area contributed by atoms with Gasteiger partial charge in [0.1, 0.15) is 0 Å². The first-order valence-corrected chi connectivity index (χ1v) is 3.57. The summed E-state index contributed by atoms with van der Waals surface area (Å²) in [4.78, 5) is 2.06. The molecule has 0 unspecified atom stereocenters. The molecule has 0 N–H and O–H groups in total. The second-order valence-corrected chi connectivity index (χ2v) is 2.53. The number of hydrogen-bond acceptors (Lipinski definition) is 1. The van der Waals surface area contributed by atoms with Gasteiger partial charge in [0.15, 0.2) is 0 Å². The van der Waals surface area contributed by atoms with E-state index in [2.05, 4.69) is 16.3 Å². The van der Waals surface area contributed by atoms with Gasteiger partial charge in [-0.1, -0.05) is 12.1 Å². The number of fused-ring (bicyclic) bond motifs is 1. The third-order valence-corrected chi connectivity index (χ3v) is 1.77. The van der Waals surface area contributed by atoms with Crippen molar-refractivity contribution in [3.05, 3.63) is 36.7 Å². The standard InChI is InChI=1S/C9H9N2/c1-11-7-6-10-8-4-2-3-5-9(8)11/h2-7H,1H3. The van der Waals surface area contributed by atoms with Crippen molar-refractivity contribution >= 4 is 11.4 Å². The monoisotopic (exact) mass is 145 g/mol. The van der Waals surface area contributed by atoms with Gasteiger partial charge in [-0.15, -0.1) is 0 Å². The molecule has 0 aromatic heterocycles. The van der Waals surface area contributed by atoms with Gasteiger partial charge in [-0.25, -0.2) is 0 Å². The highest BCUT2D eigenvalue weighted by Gasteiger charge is 2.07. The molecule has 1 heterocycles. The van der Waals surface area contributed by atoms with Gasteiger partial charge in [-0.05, 0) is 12.1 Å². The normalized spacial score (nSPS) is 14.1. The average Bonchev–Trinajstić information content (AvgIpc) is 2.06. The number of hydrogen-bond donors (Lipinski definition) is 0. The highest BCUT2D eigenvalue weighted by molar-refractivity contribution is 5.69. The van der Waals surface area contributed by atoms with E-state index in [0.717, 1.165) is 11.4 Å². The molecule has 1 aliphatic heterocycles. The lowest BCUT2D eigenvalue weighted by molar-refractivity contribution is 1.06. The van der Waals surface area contributed by atoms with Crippen molar-refractivity contribution in [2.24, 2.45) is 0 Å². The summed E-state index contributed by atoms with van der Waals surface area (Å²) < 4.78 is 0. The van der Waals surface area contributed by atoms with Gasteiger partial charge < -0.3 is 4.90 Å². The first-order valence-electron chi connectivity index (χ1n) is 3.57. The van der Waals surface area contributed by atoms with E-state index in [1.54, 1.807) is 0 Å². The van der Waals surface area contributed by atoms with Gasteiger partial charge in [0, 0.05) is 19.4 Å². The molecule has 2 nitrogen and oxygen atoms in total. The lowest BCUT2D eigenvalue weighted by Crippen LogP contribution is -2.13. The maximum atomic E-state index is 4.22. The number of benzene rings is 1. The Kier molecular flexibility index (Phi) is 1.32. The maximum Gasteiger partial charge on any atom is 0.0866 e. The molecule has 1 radical (unpaired) electrons. The number of para-hydroxylation sites is 2. The molecule has 2 rings (SSSR count). The van der Waals surface area contributed by atoms with E-state index in [-0.39, 0.29) is 0 Å². The van der Waals surface area contributed by atoms with Crippen molar-refractivity contribution in [3.8, 4) is 0 Å². The van der Waals surface area contributed by atoms with Crippen LogP contribution in [0, 0.1) is 0 Å². The van der Waals surface area contributed by atoms with Crippen LogP contribution in [0.15, 0.2) is 36.7 Å². The molecule has 0 fully saturated rings. The van der Waals surface area contributed by atoms with Gasteiger partial charge in [-0.3, -0.25) is 5.32 Å². The minimum atomic E-state index is 1.04. The fourth-order valence-electron chi connectivity index (χ4n) is 1.17. The molecule has 0 spiro atoms. The minimum absolute atomic E-state index is 1.04. The lowest BCUT2D eigenvalue weighted by Gasteiger charge is -2.20. The summed E-state index contributed by atoms with van der Waals surface area (Å²) in [6.45, 7) is 0. The Balaban J connectivity index is 2.50. The van der Waals surface area contributed by atoms with E-state index in [0.29, 0.717) is 0 Å². The van der Waals surface area contributed by atoms with Crippen LogP contribution in [0.25, 0.3) is 0 Å². The van der Waals surface area contributed by atoms with E-state index in [1.165, 1.54) is 0 Å². The van der Waals surface area contributed by atoms with Crippen LogP contribution in [-0.2, 0) is 0 Å². The summed E-state index contributed by atoms with van der Waals surface area (Å²) in [6.07, 6.45) is 3.75. The Morgan fingerprint density at radius 3 is 2.91 bits per heavy atom. The summed E-state index contributed by atoms with van der Waals surface area (Å²) in [5, 5.41) is 4.22. The summed E-state index contributed by atoms with van der Waals surface area (Å²) in [7, 11) is 2.02. The van der Waals surface area contributed by atoms with E-state index in [1.807, 2.05) is 37.6 Å². The summed E-state index contributed by atoms with van der Waals surface area (Å²) in [6, 6.07) is 8.08. The molecule has 0 bridgehead atoms. The Bertz CT molecular complexity index is 291. The summed E-state index contributed by atoms with van der Waals surface area (Å²) >= 11 is 0. The average molecular weight is 145 g/mol. The molecular formula is C9H9N2. The SMILES string of the molecule is CN1C=C[N]c2ccccc21. The van der Waals surface area contributed by atoms with Crippen LogP contribution in [0.5, 0.6) is 0 Å². The van der Waals surface area contributed by atoms with Crippen molar-refractivity contribution < 1.29 is 0 Å².